The Bertz CT molecular complexity index is 2900. The highest BCUT2D eigenvalue weighted by molar-refractivity contribution is 7.21. The topological polar surface area (TPSA) is 56.5 Å². The number of hydrogen-bond donors (Lipinski definition) is 0. The van der Waals surface area contributed by atoms with Crippen molar-refractivity contribution in [2.75, 3.05) is 0 Å². The normalized spacial score (nSPS) is 13.9. The molecule has 0 N–H and O–H groups in total. The molecule has 3 heterocycles. The number of benzene rings is 6. The van der Waals surface area contributed by atoms with Crippen molar-refractivity contribution in [2.45, 2.75) is 0 Å². The zero-order valence-corrected chi connectivity index (χ0v) is 24.8. The molecule has 0 aliphatic rings. The van der Waals surface area contributed by atoms with Gasteiger partial charge in [0.25, 0.3) is 0 Å². The van der Waals surface area contributed by atoms with Crippen LogP contribution in [0.2, 0.25) is 0 Å². The van der Waals surface area contributed by atoms with Crippen molar-refractivity contribution in [3.63, 3.8) is 0 Å². The van der Waals surface area contributed by atoms with Gasteiger partial charge in [0.05, 0.1) is 32.2 Å². The van der Waals surface area contributed by atoms with E-state index in [0.29, 0.717) is 11.4 Å². The van der Waals surface area contributed by atoms with Gasteiger partial charge in [-0.15, -0.1) is 11.3 Å². The van der Waals surface area contributed by atoms with Gasteiger partial charge in [0, 0.05) is 27.5 Å². The quantitative estimate of drug-likeness (QED) is 0.193. The molecule has 6 heteroatoms. The predicted octanol–water partition coefficient (Wildman–Crippen LogP) is 10.2. The molecule has 0 spiro atoms. The molecule has 216 valence electrons. The zero-order valence-electron chi connectivity index (χ0n) is 32.0. The highest BCUT2D eigenvalue weighted by Gasteiger charge is 2.18. The van der Waals surface area contributed by atoms with E-state index < -0.39 is 30.2 Å². The van der Waals surface area contributed by atoms with Crippen LogP contribution in [-0.2, 0) is 0 Å². The standard InChI is InChI=1S/C40H25N5S/c1-3-11-26(12-4-1)27-19-21-28(22-20-27)37-42-38(30-23-24-33-36(25-30)46-39(41-33)29-13-5-2-6-14-29)44-40(43-37)45-34-17-9-7-15-31(34)32-16-8-10-18-35(32)45/h1-25H/i2D,5D,6D,13D,14D,23D,24D,25D. The van der Waals surface area contributed by atoms with Gasteiger partial charge < -0.3 is 0 Å². The van der Waals surface area contributed by atoms with Crippen molar-refractivity contribution >= 4 is 43.4 Å². The first-order valence-electron chi connectivity index (χ1n) is 18.5. The van der Waals surface area contributed by atoms with E-state index in [9.17, 15) is 1.37 Å². The van der Waals surface area contributed by atoms with Crippen LogP contribution in [-0.4, -0.2) is 24.5 Å². The molecule has 0 saturated heterocycles. The predicted molar refractivity (Wildman–Crippen MR) is 189 cm³/mol. The average molecular weight is 616 g/mol. The Morgan fingerprint density at radius 1 is 0.500 bits per heavy atom. The number of nitrogens with zero attached hydrogens (tertiary/aromatic N) is 5. The van der Waals surface area contributed by atoms with Crippen molar-refractivity contribution in [3.05, 3.63) is 151 Å². The number of thiazole rings is 1. The fraction of sp³-hybridized carbons (Fsp3) is 0. The number of para-hydroxylation sites is 2. The minimum Gasteiger partial charge on any atom is -0.278 e. The first-order chi connectivity index (χ1) is 26.1. The molecule has 0 saturated carbocycles. The first-order valence-corrected chi connectivity index (χ1v) is 15.3. The van der Waals surface area contributed by atoms with E-state index in [2.05, 4.69) is 4.98 Å². The lowest BCUT2D eigenvalue weighted by Gasteiger charge is -2.11. The Morgan fingerprint density at radius 3 is 1.83 bits per heavy atom. The fourth-order valence-electron chi connectivity index (χ4n) is 5.62. The number of rotatable bonds is 5. The first kappa shape index (κ1) is 19.4. The van der Waals surface area contributed by atoms with Gasteiger partial charge in [-0.05, 0) is 41.4 Å². The van der Waals surface area contributed by atoms with Crippen molar-refractivity contribution < 1.29 is 11.0 Å². The molecule has 5 nitrogen and oxygen atoms in total. The molecule has 0 amide bonds. The van der Waals surface area contributed by atoms with Crippen molar-refractivity contribution in [2.24, 2.45) is 0 Å². The third-order valence-electron chi connectivity index (χ3n) is 7.76. The molecule has 6 aromatic carbocycles. The molecule has 9 rings (SSSR count). The molecule has 0 unspecified atom stereocenters. The Balaban J connectivity index is 1.29. The second-order valence-electron chi connectivity index (χ2n) is 10.5. The average Bonchev–Trinajstić information content (AvgIpc) is 3.79. The molecule has 0 fully saturated rings. The summed E-state index contributed by atoms with van der Waals surface area (Å²) in [6, 6.07) is 30.3. The Morgan fingerprint density at radius 2 is 1.11 bits per heavy atom. The lowest BCUT2D eigenvalue weighted by molar-refractivity contribution is 0.954. The van der Waals surface area contributed by atoms with Crippen molar-refractivity contribution in [1.82, 2.24) is 24.5 Å². The molecular formula is C40H25N5S. The van der Waals surface area contributed by atoms with Crippen molar-refractivity contribution in [1.29, 1.82) is 0 Å². The molecular weight excluding hydrogens is 583 g/mol. The van der Waals surface area contributed by atoms with Crippen LogP contribution in [0.5, 0.6) is 0 Å². The SMILES string of the molecule is [2H]c1c([2H])c([2H])c(-c2nc3c([2H])c([2H])c(-c4nc(-c5ccc(-c6ccccc6)cc5)nc(-n5c6ccccc6c6ccccc65)n4)c([2H])c3s2)c([2H])c1[2H]. The molecule has 0 atom stereocenters. The van der Waals surface area contributed by atoms with E-state index in [0.717, 1.165) is 44.3 Å². The van der Waals surface area contributed by atoms with Gasteiger partial charge in [0.1, 0.15) is 5.01 Å². The summed E-state index contributed by atoms with van der Waals surface area (Å²) in [6.07, 6.45) is 0. The molecule has 0 bridgehead atoms. The highest BCUT2D eigenvalue weighted by atomic mass is 32.1. The minimum absolute atomic E-state index is 0.00663. The maximum atomic E-state index is 9.38. The Kier molecular flexibility index (Phi) is 4.59. The zero-order chi connectivity index (χ0) is 37.4. The largest absolute Gasteiger partial charge is 0.278 e. The lowest BCUT2D eigenvalue weighted by Crippen LogP contribution is -2.06. The summed E-state index contributed by atoms with van der Waals surface area (Å²) in [6.45, 7) is 0. The number of fused-ring (bicyclic) bond motifs is 4. The van der Waals surface area contributed by atoms with Crippen LogP contribution >= 0.6 is 11.3 Å². The lowest BCUT2D eigenvalue weighted by atomic mass is 10.0. The molecule has 0 aliphatic heterocycles. The van der Waals surface area contributed by atoms with Gasteiger partial charge in [0.2, 0.25) is 5.95 Å². The molecule has 0 radical (unpaired) electrons. The van der Waals surface area contributed by atoms with Crippen LogP contribution < -0.4 is 0 Å². The van der Waals surface area contributed by atoms with Crippen molar-refractivity contribution in [3.8, 4) is 50.4 Å². The summed E-state index contributed by atoms with van der Waals surface area (Å²) in [5.41, 5.74) is 4.28. The Hall–Kier alpha value is -5.98. The van der Waals surface area contributed by atoms with Crippen LogP contribution in [0.3, 0.4) is 0 Å². The van der Waals surface area contributed by atoms with Crippen LogP contribution in [0.4, 0.5) is 0 Å². The van der Waals surface area contributed by atoms with Gasteiger partial charge in [-0.25, -0.2) is 9.97 Å². The smallest absolute Gasteiger partial charge is 0.238 e. The summed E-state index contributed by atoms with van der Waals surface area (Å²) in [5.74, 6) is 0.562. The van der Waals surface area contributed by atoms with E-state index >= 15 is 0 Å². The third-order valence-corrected chi connectivity index (χ3v) is 8.75. The van der Waals surface area contributed by atoms with Gasteiger partial charge in [0.15, 0.2) is 11.6 Å². The molecule has 3 aromatic heterocycles. The molecule has 0 aliphatic carbocycles. The van der Waals surface area contributed by atoms with Gasteiger partial charge in [-0.1, -0.05) is 121 Å². The van der Waals surface area contributed by atoms with E-state index in [1.165, 1.54) is 0 Å². The van der Waals surface area contributed by atoms with Gasteiger partial charge >= 0.3 is 0 Å². The van der Waals surface area contributed by atoms with Crippen LogP contribution in [0.15, 0.2) is 151 Å². The fourth-order valence-corrected chi connectivity index (χ4v) is 6.50. The van der Waals surface area contributed by atoms with Gasteiger partial charge in [-0.2, -0.15) is 9.97 Å². The second kappa shape index (κ2) is 10.9. The number of aromatic nitrogens is 5. The van der Waals surface area contributed by atoms with E-state index in [1.54, 1.807) is 0 Å². The maximum Gasteiger partial charge on any atom is 0.238 e. The monoisotopic (exact) mass is 615 g/mol. The summed E-state index contributed by atoms with van der Waals surface area (Å²) in [4.78, 5) is 19.2. The third kappa shape index (κ3) is 4.55. The summed E-state index contributed by atoms with van der Waals surface area (Å²) >= 11 is 0.920. The van der Waals surface area contributed by atoms with Gasteiger partial charge in [-0.3, -0.25) is 4.57 Å². The van der Waals surface area contributed by atoms with E-state index in [4.69, 9.17) is 24.5 Å². The number of hydrogen-bond acceptors (Lipinski definition) is 5. The highest BCUT2D eigenvalue weighted by Crippen LogP contribution is 2.35. The van der Waals surface area contributed by atoms with E-state index in [1.807, 2.05) is 108 Å². The summed E-state index contributed by atoms with van der Waals surface area (Å²) < 4.78 is 70.9. The van der Waals surface area contributed by atoms with Crippen LogP contribution in [0.25, 0.3) is 82.4 Å². The van der Waals surface area contributed by atoms with E-state index in [-0.39, 0.29) is 56.3 Å². The van der Waals surface area contributed by atoms with Crippen LogP contribution in [0, 0.1) is 0 Å². The second-order valence-corrected chi connectivity index (χ2v) is 11.5. The molecule has 9 aromatic rings. The Labute approximate surface area is 280 Å². The summed E-state index contributed by atoms with van der Waals surface area (Å²) in [5, 5.41) is 2.03. The maximum absolute atomic E-state index is 9.38. The minimum atomic E-state index is -0.535. The molecule has 46 heavy (non-hydrogen) atoms. The van der Waals surface area contributed by atoms with Crippen LogP contribution in [0.1, 0.15) is 11.0 Å². The summed E-state index contributed by atoms with van der Waals surface area (Å²) in [7, 11) is 0.